The molecule has 1 aromatic carbocycles. The fraction of sp³-hybridized carbons (Fsp3) is 0.679. The van der Waals surface area contributed by atoms with Crippen LogP contribution in [0.4, 0.5) is 0 Å². The highest BCUT2D eigenvalue weighted by Crippen LogP contribution is 2.46. The van der Waals surface area contributed by atoms with Crippen molar-refractivity contribution in [1.29, 1.82) is 0 Å². The summed E-state index contributed by atoms with van der Waals surface area (Å²) in [6, 6.07) is 6.62. The first kappa shape index (κ1) is 30.2. The fourth-order valence-electron chi connectivity index (χ4n) is 5.82. The third kappa shape index (κ3) is 6.77. The number of thioether (sulfide) groups is 1. The van der Waals surface area contributed by atoms with Crippen LogP contribution in [-0.2, 0) is 25.5 Å². The summed E-state index contributed by atoms with van der Waals surface area (Å²) in [5.41, 5.74) is 1.79. The normalized spacial score (nSPS) is 28.4. The molecule has 9 nitrogen and oxygen atoms in total. The van der Waals surface area contributed by atoms with Gasteiger partial charge in [-0.25, -0.2) is 0 Å². The minimum Gasteiger partial charge on any atom is -0.394 e. The maximum Gasteiger partial charge on any atom is 0.246 e. The summed E-state index contributed by atoms with van der Waals surface area (Å²) in [4.78, 5) is 30.5. The van der Waals surface area contributed by atoms with Gasteiger partial charge in [0.2, 0.25) is 11.8 Å². The maximum atomic E-state index is 14.1. The lowest BCUT2D eigenvalue weighted by atomic mass is 9.83. The molecule has 0 saturated carbocycles. The van der Waals surface area contributed by atoms with Gasteiger partial charge in [0.05, 0.1) is 55.0 Å². The number of aliphatic hydroxyl groups excluding tert-OH is 1. The van der Waals surface area contributed by atoms with Crippen LogP contribution in [-0.4, -0.2) is 95.6 Å². The molecule has 0 radical (unpaired) electrons. The Morgan fingerprint density at radius 3 is 2.77 bits per heavy atom. The van der Waals surface area contributed by atoms with Crippen LogP contribution in [0.15, 0.2) is 24.3 Å². The number of carbonyl (C=O) groups excluding carboxylic acids is 2. The molecule has 1 aliphatic carbocycles. The van der Waals surface area contributed by atoms with Crippen LogP contribution < -0.4 is 16.0 Å². The minimum absolute atomic E-state index is 0.0318. The van der Waals surface area contributed by atoms with Crippen LogP contribution in [0.1, 0.15) is 50.8 Å². The molecule has 2 saturated heterocycles. The van der Waals surface area contributed by atoms with Gasteiger partial charge in [-0.05, 0) is 49.1 Å². The molecule has 6 atom stereocenters. The zero-order valence-corrected chi connectivity index (χ0v) is 24.9. The molecule has 2 aliphatic heterocycles. The summed E-state index contributed by atoms with van der Waals surface area (Å²) in [5.74, 6) is 0.590. The molecular weight excluding hydrogens is 536 g/mol. The van der Waals surface area contributed by atoms with Crippen LogP contribution in [0, 0.1) is 5.41 Å². The molecule has 2 fully saturated rings. The molecule has 39 heavy (non-hydrogen) atoms. The summed E-state index contributed by atoms with van der Waals surface area (Å²) in [6.07, 6.45) is 1.85. The van der Waals surface area contributed by atoms with Gasteiger partial charge in [-0.15, -0.1) is 11.8 Å². The second kappa shape index (κ2) is 13.3. The Morgan fingerprint density at radius 1 is 1.26 bits per heavy atom. The van der Waals surface area contributed by atoms with E-state index in [1.54, 1.807) is 11.8 Å². The number of rotatable bonds is 11. The van der Waals surface area contributed by atoms with Crippen molar-refractivity contribution in [2.24, 2.45) is 5.41 Å². The predicted octanol–water partition coefficient (Wildman–Crippen LogP) is 1.78. The number of amides is 2. The molecule has 0 bridgehead atoms. The van der Waals surface area contributed by atoms with Crippen molar-refractivity contribution in [3.05, 3.63) is 35.4 Å². The second-order valence-electron chi connectivity index (χ2n) is 11.2. The number of carbonyl (C=O) groups is 2. The molecule has 216 valence electrons. The standard InChI is InChI=1S/C28H42N4O5S2/c1-17(29-4)26(38)30-20-9-14-39-22-16-28(2,3)24(32(22)27(20)35)25(34)31-23-19-8-6-5-7-18(19)15-21(23)37-13-12-36-11-10-33/h5-8,17,20-24,29,33H,9-16H2,1-4H3,(H,30,38)(H,31,34)/t17-,20-,21+,22-,23-,24+/m0/s1. The highest BCUT2D eigenvalue weighted by molar-refractivity contribution is 7.99. The Morgan fingerprint density at radius 2 is 2.03 bits per heavy atom. The molecule has 3 aliphatic rings. The molecule has 0 aromatic heterocycles. The Hall–Kier alpha value is -1.76. The SMILES string of the molecule is CN[C@@H](C)C(=S)N[C@H]1CCS[C@H]2CC(C)(C)[C@@H](C(=O)N[C@H]3c4ccccc4C[C@H]3OCCOCCO)N2C1=O. The number of fused-ring (bicyclic) bond motifs is 2. The number of likely N-dealkylation sites (N-methyl/N-ethyl adjacent to an activating group) is 1. The van der Waals surface area contributed by atoms with Gasteiger partial charge in [0.15, 0.2) is 0 Å². The van der Waals surface area contributed by atoms with Crippen LogP contribution in [0.2, 0.25) is 0 Å². The lowest BCUT2D eigenvalue weighted by molar-refractivity contribution is -0.143. The van der Waals surface area contributed by atoms with Gasteiger partial charge < -0.3 is 35.4 Å². The maximum absolute atomic E-state index is 14.1. The molecule has 2 heterocycles. The smallest absolute Gasteiger partial charge is 0.246 e. The van der Waals surface area contributed by atoms with Crippen LogP contribution in [0.25, 0.3) is 0 Å². The second-order valence-corrected chi connectivity index (χ2v) is 12.9. The topological polar surface area (TPSA) is 112 Å². The van der Waals surface area contributed by atoms with E-state index in [1.807, 2.05) is 37.1 Å². The first-order chi connectivity index (χ1) is 18.7. The summed E-state index contributed by atoms with van der Waals surface area (Å²) in [5, 5.41) is 18.6. The van der Waals surface area contributed by atoms with E-state index < -0.39 is 17.5 Å². The number of aliphatic hydroxyl groups is 1. The number of hydrogen-bond donors (Lipinski definition) is 4. The summed E-state index contributed by atoms with van der Waals surface area (Å²) in [7, 11) is 1.84. The van der Waals surface area contributed by atoms with Gasteiger partial charge in [-0.2, -0.15) is 0 Å². The van der Waals surface area contributed by atoms with Crippen LogP contribution in [0.5, 0.6) is 0 Å². The Balaban J connectivity index is 1.53. The molecule has 1 aromatic rings. The molecule has 11 heteroatoms. The van der Waals surface area contributed by atoms with Gasteiger partial charge in [0.1, 0.15) is 12.1 Å². The molecule has 2 amide bonds. The van der Waals surface area contributed by atoms with Crippen LogP contribution in [0.3, 0.4) is 0 Å². The zero-order valence-electron chi connectivity index (χ0n) is 23.3. The molecule has 0 spiro atoms. The van der Waals surface area contributed by atoms with Crippen molar-refractivity contribution < 1.29 is 24.2 Å². The average Bonchev–Trinajstić information content (AvgIpc) is 3.34. The van der Waals surface area contributed by atoms with Gasteiger partial charge in [-0.1, -0.05) is 50.3 Å². The van der Waals surface area contributed by atoms with E-state index in [-0.39, 0.29) is 48.6 Å². The third-order valence-electron chi connectivity index (χ3n) is 7.97. The van der Waals surface area contributed by atoms with Crippen molar-refractivity contribution in [1.82, 2.24) is 20.9 Å². The summed E-state index contributed by atoms with van der Waals surface area (Å²) in [6.45, 7) is 7.07. The Labute approximate surface area is 241 Å². The van der Waals surface area contributed by atoms with E-state index in [1.165, 1.54) is 0 Å². The average molecular weight is 579 g/mol. The van der Waals surface area contributed by atoms with Crippen molar-refractivity contribution in [3.8, 4) is 0 Å². The number of thiocarbonyl (C=S) groups is 1. The van der Waals surface area contributed by atoms with Crippen molar-refractivity contribution >= 4 is 40.8 Å². The Bertz CT molecular complexity index is 1040. The number of nitrogens with zero attached hydrogens (tertiary/aromatic N) is 1. The first-order valence-corrected chi connectivity index (χ1v) is 15.2. The summed E-state index contributed by atoms with van der Waals surface area (Å²) < 4.78 is 11.5. The van der Waals surface area contributed by atoms with Crippen molar-refractivity contribution in [2.75, 3.05) is 39.2 Å². The first-order valence-electron chi connectivity index (χ1n) is 13.8. The van der Waals surface area contributed by atoms with E-state index in [9.17, 15) is 9.59 Å². The van der Waals surface area contributed by atoms with E-state index in [2.05, 4.69) is 35.9 Å². The fourth-order valence-corrected chi connectivity index (χ4v) is 7.66. The van der Waals surface area contributed by atoms with E-state index >= 15 is 0 Å². The predicted molar refractivity (Wildman–Crippen MR) is 157 cm³/mol. The number of benzene rings is 1. The lowest BCUT2D eigenvalue weighted by Crippen LogP contribution is -2.58. The Kier molecular flexibility index (Phi) is 10.3. The summed E-state index contributed by atoms with van der Waals surface area (Å²) >= 11 is 7.28. The van der Waals surface area contributed by atoms with E-state index in [4.69, 9.17) is 26.8 Å². The zero-order chi connectivity index (χ0) is 28.2. The monoisotopic (exact) mass is 578 g/mol. The highest BCUT2D eigenvalue weighted by atomic mass is 32.2. The number of nitrogens with one attached hydrogen (secondary N) is 3. The van der Waals surface area contributed by atoms with E-state index in [0.717, 1.165) is 23.3 Å². The van der Waals surface area contributed by atoms with Crippen molar-refractivity contribution in [2.45, 2.75) is 75.7 Å². The highest BCUT2D eigenvalue weighted by Gasteiger charge is 2.55. The van der Waals surface area contributed by atoms with Crippen LogP contribution >= 0.6 is 24.0 Å². The number of hydrogen-bond acceptors (Lipinski definition) is 8. The van der Waals surface area contributed by atoms with Gasteiger partial charge in [0, 0.05) is 6.42 Å². The van der Waals surface area contributed by atoms with Gasteiger partial charge in [-0.3, -0.25) is 9.59 Å². The van der Waals surface area contributed by atoms with E-state index in [0.29, 0.717) is 31.0 Å². The molecule has 4 rings (SSSR count). The largest absolute Gasteiger partial charge is 0.394 e. The van der Waals surface area contributed by atoms with Gasteiger partial charge >= 0.3 is 0 Å². The minimum atomic E-state index is -0.610. The molecular formula is C28H42N4O5S2. The molecule has 4 N–H and O–H groups in total. The number of ether oxygens (including phenoxy) is 2. The third-order valence-corrected chi connectivity index (χ3v) is 9.69. The lowest BCUT2D eigenvalue weighted by Gasteiger charge is -2.35. The van der Waals surface area contributed by atoms with Crippen molar-refractivity contribution in [3.63, 3.8) is 0 Å². The van der Waals surface area contributed by atoms with Gasteiger partial charge in [0.25, 0.3) is 0 Å². The molecule has 0 unspecified atom stereocenters. The quantitative estimate of drug-likeness (QED) is 0.231.